The summed E-state index contributed by atoms with van der Waals surface area (Å²) in [5, 5.41) is 16.1. The maximum absolute atomic E-state index is 11.6. The summed E-state index contributed by atoms with van der Waals surface area (Å²) in [5.74, 6) is -1.08. The Balaban J connectivity index is 2.43. The van der Waals surface area contributed by atoms with E-state index in [-0.39, 0.29) is 18.3 Å². The average molecular weight is 287 g/mol. The number of rotatable bonds is 6. The van der Waals surface area contributed by atoms with E-state index in [1.54, 1.807) is 7.11 Å². The van der Waals surface area contributed by atoms with Crippen LogP contribution in [0.25, 0.3) is 0 Å². The first-order valence-electron chi connectivity index (χ1n) is 5.57. The summed E-state index contributed by atoms with van der Waals surface area (Å²) >= 11 is 1.19. The van der Waals surface area contributed by atoms with Gasteiger partial charge >= 0.3 is 12.0 Å². The molecule has 0 fully saturated rings. The largest absolute Gasteiger partial charge is 0.476 e. The molecule has 0 spiro atoms. The molecule has 1 aromatic heterocycles. The fraction of sp³-hybridized carbons (Fsp3) is 0.545. The molecule has 0 bridgehead atoms. The highest BCUT2D eigenvalue weighted by molar-refractivity contribution is 7.09. The van der Waals surface area contributed by atoms with Crippen molar-refractivity contribution in [2.24, 2.45) is 0 Å². The first kappa shape index (κ1) is 15.4. The highest BCUT2D eigenvalue weighted by Gasteiger charge is 2.20. The highest BCUT2D eigenvalue weighted by atomic mass is 32.1. The van der Waals surface area contributed by atoms with Gasteiger partial charge in [-0.3, -0.25) is 0 Å². The molecule has 1 heterocycles. The molecule has 0 saturated heterocycles. The second kappa shape index (κ2) is 6.48. The molecule has 106 valence electrons. The number of urea groups is 1. The number of nitrogens with one attached hydrogen (secondary N) is 2. The van der Waals surface area contributed by atoms with E-state index in [1.165, 1.54) is 16.7 Å². The van der Waals surface area contributed by atoms with Crippen LogP contribution in [0.5, 0.6) is 0 Å². The molecule has 0 aliphatic carbocycles. The van der Waals surface area contributed by atoms with E-state index in [0.29, 0.717) is 11.6 Å². The van der Waals surface area contributed by atoms with Gasteiger partial charge < -0.3 is 20.5 Å². The van der Waals surface area contributed by atoms with Gasteiger partial charge in [0.2, 0.25) is 0 Å². The zero-order valence-corrected chi connectivity index (χ0v) is 11.8. The van der Waals surface area contributed by atoms with E-state index < -0.39 is 11.5 Å². The Hall–Kier alpha value is -1.67. The van der Waals surface area contributed by atoms with Crippen molar-refractivity contribution in [3.63, 3.8) is 0 Å². The van der Waals surface area contributed by atoms with Crippen molar-refractivity contribution < 1.29 is 19.4 Å². The topological polar surface area (TPSA) is 101 Å². The molecule has 0 radical (unpaired) electrons. The standard InChI is InChI=1S/C11H17N3O4S/c1-11(2,6-18-3)14-10(17)12-4-8-13-7(5-19-8)9(15)16/h5H,4,6H2,1-3H3,(H,15,16)(H2,12,14,17). The average Bonchev–Trinajstić information content (AvgIpc) is 2.74. The highest BCUT2D eigenvalue weighted by Crippen LogP contribution is 2.09. The van der Waals surface area contributed by atoms with E-state index >= 15 is 0 Å². The summed E-state index contributed by atoms with van der Waals surface area (Å²) in [6, 6.07) is -0.353. The molecule has 0 unspecified atom stereocenters. The van der Waals surface area contributed by atoms with Crippen molar-refractivity contribution in [1.29, 1.82) is 0 Å². The summed E-state index contributed by atoms with van der Waals surface area (Å²) in [4.78, 5) is 26.1. The number of aromatic carboxylic acids is 1. The smallest absolute Gasteiger partial charge is 0.355 e. The van der Waals surface area contributed by atoms with E-state index in [2.05, 4.69) is 15.6 Å². The lowest BCUT2D eigenvalue weighted by molar-refractivity contribution is 0.0691. The molecule has 3 N–H and O–H groups in total. The summed E-state index contributed by atoms with van der Waals surface area (Å²) < 4.78 is 4.98. The number of amides is 2. The summed E-state index contributed by atoms with van der Waals surface area (Å²) in [7, 11) is 1.56. The summed E-state index contributed by atoms with van der Waals surface area (Å²) in [5.41, 5.74) is -0.490. The quantitative estimate of drug-likeness (QED) is 0.726. The van der Waals surface area contributed by atoms with Gasteiger partial charge in [0.05, 0.1) is 18.7 Å². The number of aromatic nitrogens is 1. The fourth-order valence-electron chi connectivity index (χ4n) is 1.39. The van der Waals surface area contributed by atoms with E-state index in [0.717, 1.165) is 0 Å². The Kier molecular flexibility index (Phi) is 5.25. The van der Waals surface area contributed by atoms with Crippen LogP contribution in [0.4, 0.5) is 4.79 Å². The second-order valence-electron chi connectivity index (χ2n) is 4.56. The lowest BCUT2D eigenvalue weighted by atomic mass is 10.1. The van der Waals surface area contributed by atoms with Crippen LogP contribution in [0.1, 0.15) is 29.3 Å². The number of thiazole rings is 1. The zero-order chi connectivity index (χ0) is 14.5. The summed E-state index contributed by atoms with van der Waals surface area (Å²) in [6.07, 6.45) is 0. The van der Waals surface area contributed by atoms with E-state index in [1.807, 2.05) is 13.8 Å². The third-order valence-corrected chi connectivity index (χ3v) is 2.98. The van der Waals surface area contributed by atoms with Gasteiger partial charge in [0, 0.05) is 12.5 Å². The third kappa shape index (κ3) is 5.23. The number of carboxylic acids is 1. The number of ether oxygens (including phenoxy) is 1. The van der Waals surface area contributed by atoms with Crippen LogP contribution in [0.3, 0.4) is 0 Å². The minimum atomic E-state index is -1.08. The van der Waals surface area contributed by atoms with Gasteiger partial charge in [-0.1, -0.05) is 0 Å². The van der Waals surface area contributed by atoms with Crippen molar-refractivity contribution >= 4 is 23.3 Å². The van der Waals surface area contributed by atoms with Crippen molar-refractivity contribution in [2.75, 3.05) is 13.7 Å². The Morgan fingerprint density at radius 1 is 1.53 bits per heavy atom. The Bertz CT molecular complexity index is 459. The molecule has 2 amide bonds. The van der Waals surface area contributed by atoms with Crippen LogP contribution >= 0.6 is 11.3 Å². The number of nitrogens with zero attached hydrogens (tertiary/aromatic N) is 1. The first-order valence-corrected chi connectivity index (χ1v) is 6.44. The van der Waals surface area contributed by atoms with Crippen LogP contribution < -0.4 is 10.6 Å². The molecule has 8 heteroatoms. The van der Waals surface area contributed by atoms with Crippen molar-refractivity contribution in [2.45, 2.75) is 25.9 Å². The maximum Gasteiger partial charge on any atom is 0.355 e. The molecule has 1 aromatic rings. The SMILES string of the molecule is COCC(C)(C)NC(=O)NCc1nc(C(=O)O)cs1. The molecule has 7 nitrogen and oxygen atoms in total. The minimum absolute atomic E-state index is 0.0121. The predicted molar refractivity (Wildman–Crippen MR) is 70.4 cm³/mol. The van der Waals surface area contributed by atoms with Crippen molar-refractivity contribution in [3.05, 3.63) is 16.1 Å². The number of carbonyl (C=O) groups is 2. The Labute approximate surface area is 115 Å². The second-order valence-corrected chi connectivity index (χ2v) is 5.50. The van der Waals surface area contributed by atoms with Crippen LogP contribution in [0.2, 0.25) is 0 Å². The molecule has 0 aliphatic heterocycles. The maximum atomic E-state index is 11.6. The summed E-state index contributed by atoms with van der Waals surface area (Å²) in [6.45, 7) is 4.25. The van der Waals surface area contributed by atoms with Gasteiger partial charge in [-0.2, -0.15) is 0 Å². The van der Waals surface area contributed by atoms with Crippen LogP contribution in [0, 0.1) is 0 Å². The van der Waals surface area contributed by atoms with Gasteiger partial charge in [-0.15, -0.1) is 11.3 Å². The normalized spacial score (nSPS) is 11.1. The van der Waals surface area contributed by atoms with E-state index in [4.69, 9.17) is 9.84 Å². The molecule has 0 atom stereocenters. The molecule has 19 heavy (non-hydrogen) atoms. The monoisotopic (exact) mass is 287 g/mol. The first-order chi connectivity index (χ1) is 8.84. The van der Waals surface area contributed by atoms with Gasteiger partial charge in [0.1, 0.15) is 5.01 Å². The molecular weight excluding hydrogens is 270 g/mol. The van der Waals surface area contributed by atoms with Gasteiger partial charge in [0.15, 0.2) is 5.69 Å². The lowest BCUT2D eigenvalue weighted by Gasteiger charge is -2.25. The number of methoxy groups -OCH3 is 1. The van der Waals surface area contributed by atoms with Crippen LogP contribution in [-0.2, 0) is 11.3 Å². The minimum Gasteiger partial charge on any atom is -0.476 e. The molecule has 0 aliphatic rings. The molecule has 1 rings (SSSR count). The molecule has 0 saturated carbocycles. The molecule has 0 aromatic carbocycles. The number of hydrogen-bond donors (Lipinski definition) is 3. The van der Waals surface area contributed by atoms with Crippen molar-refractivity contribution in [1.82, 2.24) is 15.6 Å². The Morgan fingerprint density at radius 2 is 2.21 bits per heavy atom. The van der Waals surface area contributed by atoms with Crippen molar-refractivity contribution in [3.8, 4) is 0 Å². The Morgan fingerprint density at radius 3 is 2.74 bits per heavy atom. The van der Waals surface area contributed by atoms with E-state index in [9.17, 15) is 9.59 Å². The fourth-order valence-corrected chi connectivity index (χ4v) is 2.10. The predicted octanol–water partition coefficient (Wildman–Crippen LogP) is 1.07. The van der Waals surface area contributed by atoms with Gasteiger partial charge in [-0.05, 0) is 13.8 Å². The van der Waals surface area contributed by atoms with Gasteiger partial charge in [0.25, 0.3) is 0 Å². The molecular formula is C11H17N3O4S. The van der Waals surface area contributed by atoms with Crippen LogP contribution in [0.15, 0.2) is 5.38 Å². The lowest BCUT2D eigenvalue weighted by Crippen LogP contribution is -2.50. The van der Waals surface area contributed by atoms with Gasteiger partial charge in [-0.25, -0.2) is 14.6 Å². The number of carbonyl (C=O) groups excluding carboxylic acids is 1. The number of carboxylic acid groups (broad SMARTS) is 1. The zero-order valence-electron chi connectivity index (χ0n) is 11.0. The van der Waals surface area contributed by atoms with Crippen LogP contribution in [-0.4, -0.2) is 41.3 Å². The third-order valence-electron chi connectivity index (χ3n) is 2.13. The number of hydrogen-bond acceptors (Lipinski definition) is 5.